The lowest BCUT2D eigenvalue weighted by molar-refractivity contribution is 0.0650. The largest absolute Gasteiger partial charge is 0.391 e. The van der Waals surface area contributed by atoms with Gasteiger partial charge in [0.05, 0.1) is 6.10 Å². The molecule has 2 saturated heterocycles. The van der Waals surface area contributed by atoms with Crippen LogP contribution in [0.1, 0.15) is 38.5 Å². The molecule has 16 heavy (non-hydrogen) atoms. The molecule has 3 rings (SSSR count). The Morgan fingerprint density at radius 1 is 1.00 bits per heavy atom. The van der Waals surface area contributed by atoms with Crippen molar-refractivity contribution in [3.63, 3.8) is 0 Å². The Hall–Kier alpha value is -0.120. The van der Waals surface area contributed by atoms with Gasteiger partial charge in [-0.3, -0.25) is 9.80 Å². The number of nitrogens with zero attached hydrogens (tertiary/aromatic N) is 2. The minimum absolute atomic E-state index is 0.0538. The molecule has 1 N–H and O–H groups in total. The Bertz CT molecular complexity index is 258. The van der Waals surface area contributed by atoms with Gasteiger partial charge < -0.3 is 5.11 Å². The minimum Gasteiger partial charge on any atom is -0.391 e. The second-order valence-corrected chi connectivity index (χ2v) is 5.90. The smallest absolute Gasteiger partial charge is 0.0695 e. The summed E-state index contributed by atoms with van der Waals surface area (Å²) < 4.78 is 0. The standard InChI is InChI=1S/C13H24N2O/c1-14-10-5-6-11(14)9-15(8-7-10)12-3-2-4-13(12)16/h10-13,16H,2-9H2,1H3/t10?,11?,12-,13-/m0/s1. The molecule has 2 bridgehead atoms. The van der Waals surface area contributed by atoms with Gasteiger partial charge in [-0.05, 0) is 45.6 Å². The van der Waals surface area contributed by atoms with Gasteiger partial charge in [-0.25, -0.2) is 0 Å². The summed E-state index contributed by atoms with van der Waals surface area (Å²) in [6, 6.07) is 2.03. The van der Waals surface area contributed by atoms with Crippen LogP contribution in [0.15, 0.2) is 0 Å². The van der Waals surface area contributed by atoms with Crippen LogP contribution in [0.3, 0.4) is 0 Å². The van der Waals surface area contributed by atoms with Crippen molar-refractivity contribution in [1.29, 1.82) is 0 Å². The maximum atomic E-state index is 10.0. The second-order valence-electron chi connectivity index (χ2n) is 5.90. The summed E-state index contributed by atoms with van der Waals surface area (Å²) in [5.74, 6) is 0. The molecule has 3 aliphatic rings. The zero-order chi connectivity index (χ0) is 11.1. The van der Waals surface area contributed by atoms with Crippen molar-refractivity contribution in [1.82, 2.24) is 9.80 Å². The van der Waals surface area contributed by atoms with Crippen LogP contribution in [-0.4, -0.2) is 59.3 Å². The topological polar surface area (TPSA) is 26.7 Å². The summed E-state index contributed by atoms with van der Waals surface area (Å²) >= 11 is 0. The first-order valence-corrected chi connectivity index (χ1v) is 6.90. The van der Waals surface area contributed by atoms with E-state index in [9.17, 15) is 5.11 Å². The van der Waals surface area contributed by atoms with Crippen LogP contribution in [0.2, 0.25) is 0 Å². The summed E-state index contributed by atoms with van der Waals surface area (Å²) in [4.78, 5) is 5.17. The lowest BCUT2D eigenvalue weighted by Gasteiger charge is -2.32. The van der Waals surface area contributed by atoms with Gasteiger partial charge in [0.2, 0.25) is 0 Å². The summed E-state index contributed by atoms with van der Waals surface area (Å²) in [5.41, 5.74) is 0. The van der Waals surface area contributed by atoms with E-state index in [1.54, 1.807) is 0 Å². The van der Waals surface area contributed by atoms with Crippen LogP contribution in [0.25, 0.3) is 0 Å². The van der Waals surface area contributed by atoms with Gasteiger partial charge in [0.1, 0.15) is 0 Å². The number of aliphatic hydroxyl groups excluding tert-OH is 1. The Morgan fingerprint density at radius 3 is 2.56 bits per heavy atom. The van der Waals surface area contributed by atoms with E-state index in [1.807, 2.05) is 0 Å². The number of fused-ring (bicyclic) bond motifs is 2. The van der Waals surface area contributed by atoms with Crippen molar-refractivity contribution >= 4 is 0 Å². The summed E-state index contributed by atoms with van der Waals surface area (Å²) in [6.07, 6.45) is 7.44. The highest BCUT2D eigenvalue weighted by molar-refractivity contribution is 4.95. The van der Waals surface area contributed by atoms with Crippen LogP contribution in [0.5, 0.6) is 0 Å². The van der Waals surface area contributed by atoms with E-state index in [0.29, 0.717) is 6.04 Å². The van der Waals surface area contributed by atoms with E-state index in [4.69, 9.17) is 0 Å². The SMILES string of the molecule is CN1C2CCC1CN([C@H]1CCC[C@@H]1O)CC2. The fourth-order valence-corrected chi connectivity index (χ4v) is 3.98. The van der Waals surface area contributed by atoms with Gasteiger partial charge in [-0.15, -0.1) is 0 Å². The van der Waals surface area contributed by atoms with Gasteiger partial charge in [0.25, 0.3) is 0 Å². The molecule has 2 unspecified atom stereocenters. The van der Waals surface area contributed by atoms with Crippen LogP contribution < -0.4 is 0 Å². The highest BCUT2D eigenvalue weighted by atomic mass is 16.3. The van der Waals surface area contributed by atoms with Crippen LogP contribution >= 0.6 is 0 Å². The number of aliphatic hydroxyl groups is 1. The molecule has 3 heteroatoms. The molecule has 0 aromatic carbocycles. The summed E-state index contributed by atoms with van der Waals surface area (Å²) in [6.45, 7) is 2.39. The van der Waals surface area contributed by atoms with Crippen molar-refractivity contribution in [2.75, 3.05) is 20.1 Å². The Labute approximate surface area is 98.4 Å². The third-order valence-corrected chi connectivity index (χ3v) is 5.09. The molecular weight excluding hydrogens is 200 g/mol. The molecule has 0 amide bonds. The monoisotopic (exact) mass is 224 g/mol. The van der Waals surface area contributed by atoms with E-state index < -0.39 is 0 Å². The van der Waals surface area contributed by atoms with Gasteiger partial charge >= 0.3 is 0 Å². The van der Waals surface area contributed by atoms with E-state index in [-0.39, 0.29) is 6.10 Å². The predicted octanol–water partition coefficient (Wildman–Crippen LogP) is 1.07. The van der Waals surface area contributed by atoms with Gasteiger partial charge in [-0.2, -0.15) is 0 Å². The normalized spacial score (nSPS) is 46.1. The van der Waals surface area contributed by atoms with E-state index in [1.165, 1.54) is 45.2 Å². The van der Waals surface area contributed by atoms with Crippen molar-refractivity contribution in [2.45, 2.75) is 62.8 Å². The number of rotatable bonds is 1. The molecule has 0 aromatic rings. The van der Waals surface area contributed by atoms with Crippen LogP contribution in [0, 0.1) is 0 Å². The highest BCUT2D eigenvalue weighted by Gasteiger charge is 2.39. The number of hydrogen-bond acceptors (Lipinski definition) is 3. The third kappa shape index (κ3) is 1.79. The lowest BCUT2D eigenvalue weighted by atomic mass is 10.1. The Balaban J connectivity index is 1.69. The number of likely N-dealkylation sites (tertiary alicyclic amines) is 1. The molecule has 92 valence electrons. The van der Waals surface area contributed by atoms with Crippen molar-refractivity contribution in [2.24, 2.45) is 0 Å². The molecule has 3 fully saturated rings. The molecule has 0 spiro atoms. The molecule has 3 nitrogen and oxygen atoms in total. The molecule has 2 aliphatic heterocycles. The number of hydrogen-bond donors (Lipinski definition) is 1. The molecule has 0 radical (unpaired) electrons. The maximum absolute atomic E-state index is 10.0. The molecule has 0 aromatic heterocycles. The lowest BCUT2D eigenvalue weighted by Crippen LogP contribution is -2.45. The first-order chi connectivity index (χ1) is 7.75. The van der Waals surface area contributed by atoms with Gasteiger partial charge in [0.15, 0.2) is 0 Å². The summed E-state index contributed by atoms with van der Waals surface area (Å²) in [7, 11) is 2.29. The second kappa shape index (κ2) is 4.28. The fraction of sp³-hybridized carbons (Fsp3) is 1.00. The zero-order valence-electron chi connectivity index (χ0n) is 10.3. The predicted molar refractivity (Wildman–Crippen MR) is 64.4 cm³/mol. The quantitative estimate of drug-likeness (QED) is 0.722. The van der Waals surface area contributed by atoms with Crippen LogP contribution in [0.4, 0.5) is 0 Å². The Morgan fingerprint density at radius 2 is 1.81 bits per heavy atom. The summed E-state index contributed by atoms with van der Waals surface area (Å²) in [5, 5.41) is 10.0. The van der Waals surface area contributed by atoms with Gasteiger partial charge in [-0.1, -0.05) is 0 Å². The average Bonchev–Trinajstić information content (AvgIpc) is 2.74. The fourth-order valence-electron chi connectivity index (χ4n) is 3.98. The first kappa shape index (κ1) is 11.0. The molecule has 1 aliphatic carbocycles. The Kier molecular flexibility index (Phi) is 2.94. The zero-order valence-corrected chi connectivity index (χ0v) is 10.3. The van der Waals surface area contributed by atoms with Crippen molar-refractivity contribution in [3.8, 4) is 0 Å². The number of likely N-dealkylation sites (N-methyl/N-ethyl adjacent to an activating group) is 1. The van der Waals surface area contributed by atoms with E-state index >= 15 is 0 Å². The minimum atomic E-state index is -0.0538. The molecule has 1 saturated carbocycles. The van der Waals surface area contributed by atoms with Crippen LogP contribution in [-0.2, 0) is 0 Å². The highest BCUT2D eigenvalue weighted by Crippen LogP contribution is 2.32. The third-order valence-electron chi connectivity index (χ3n) is 5.09. The maximum Gasteiger partial charge on any atom is 0.0695 e. The average molecular weight is 224 g/mol. The van der Waals surface area contributed by atoms with Crippen molar-refractivity contribution in [3.05, 3.63) is 0 Å². The van der Waals surface area contributed by atoms with Crippen molar-refractivity contribution < 1.29 is 5.11 Å². The van der Waals surface area contributed by atoms with E-state index in [2.05, 4.69) is 16.8 Å². The molecule has 4 atom stereocenters. The van der Waals surface area contributed by atoms with Gasteiger partial charge in [0, 0.05) is 31.2 Å². The first-order valence-electron chi connectivity index (χ1n) is 6.90. The van der Waals surface area contributed by atoms with E-state index in [0.717, 1.165) is 18.5 Å². The molecular formula is C13H24N2O. The molecule has 2 heterocycles.